The molecule has 0 aliphatic rings. The van der Waals surface area contributed by atoms with Crippen molar-refractivity contribution in [1.29, 1.82) is 0 Å². The number of rotatable bonds is 14. The second-order valence-corrected chi connectivity index (χ2v) is 12.2. The molecule has 0 aliphatic heterocycles. The molecule has 0 saturated heterocycles. The zero-order chi connectivity index (χ0) is 34.9. The maximum atomic E-state index is 4.90. The van der Waals surface area contributed by atoms with Gasteiger partial charge in [0, 0.05) is 30.5 Å². The Labute approximate surface area is 291 Å². The first-order valence-electron chi connectivity index (χ1n) is 16.4. The molecule has 246 valence electrons. The number of hydrogen-bond acceptors (Lipinski definition) is 5. The Hall–Kier alpha value is -5.88. The van der Waals surface area contributed by atoms with Crippen molar-refractivity contribution in [3.63, 3.8) is 0 Å². The summed E-state index contributed by atoms with van der Waals surface area (Å²) in [6, 6.07) is 27.4. The van der Waals surface area contributed by atoms with E-state index < -0.39 is 0 Å². The van der Waals surface area contributed by atoms with Crippen LogP contribution in [0.4, 0.5) is 23.0 Å². The molecule has 3 aromatic carbocycles. The lowest BCUT2D eigenvalue weighted by Gasteiger charge is -2.28. The normalized spacial score (nSPS) is 11.5. The summed E-state index contributed by atoms with van der Waals surface area (Å²) in [4.78, 5) is 20.5. The van der Waals surface area contributed by atoms with Crippen molar-refractivity contribution >= 4 is 42.5 Å². The molecule has 5 rings (SSSR count). The molecule has 0 amide bonds. The minimum atomic E-state index is 0.635. The zero-order valence-electron chi connectivity index (χ0n) is 29.0. The number of nitrogens with zero attached hydrogens (tertiary/aromatic N) is 6. The highest BCUT2D eigenvalue weighted by Gasteiger charge is 2.20. The van der Waals surface area contributed by atoms with Gasteiger partial charge in [0.2, 0.25) is 0 Å². The summed E-state index contributed by atoms with van der Waals surface area (Å²) in [5, 5.41) is 0. The highest BCUT2D eigenvalue weighted by atomic mass is 15.2. The molecule has 0 aliphatic carbocycles. The van der Waals surface area contributed by atoms with Crippen molar-refractivity contribution in [3.05, 3.63) is 150 Å². The van der Waals surface area contributed by atoms with E-state index in [0.717, 1.165) is 63.0 Å². The first kappa shape index (κ1) is 34.5. The van der Waals surface area contributed by atoms with E-state index >= 15 is 0 Å². The fourth-order valence-corrected chi connectivity index (χ4v) is 6.00. The Morgan fingerprint density at radius 3 is 2.12 bits per heavy atom. The summed E-state index contributed by atoms with van der Waals surface area (Å²) in [6.45, 7) is 25.2. The van der Waals surface area contributed by atoms with Gasteiger partial charge in [-0.05, 0) is 93.6 Å². The minimum absolute atomic E-state index is 0.635. The van der Waals surface area contributed by atoms with Gasteiger partial charge in [0.15, 0.2) is 11.6 Å². The van der Waals surface area contributed by atoms with Crippen LogP contribution in [0.5, 0.6) is 0 Å². The smallest absolute Gasteiger partial charge is 0.159 e. The van der Waals surface area contributed by atoms with Gasteiger partial charge in [-0.3, -0.25) is 4.99 Å². The lowest BCUT2D eigenvalue weighted by atomic mass is 10.0. The molecular weight excluding hydrogens is 601 g/mol. The van der Waals surface area contributed by atoms with Gasteiger partial charge in [-0.15, -0.1) is 0 Å². The number of aromatic nitrogens is 3. The zero-order valence-corrected chi connectivity index (χ0v) is 29.0. The van der Waals surface area contributed by atoms with Crippen molar-refractivity contribution in [1.82, 2.24) is 14.5 Å². The summed E-state index contributed by atoms with van der Waals surface area (Å²) in [6.07, 6.45) is 10.7. The summed E-state index contributed by atoms with van der Waals surface area (Å²) < 4.78 is 2.11. The standard InChI is InChI=1S/C43H44N6/c1-9-38-42(45-8)49(28-31(4)15-11-10-14-30(2)3)41(47-38)37-25-23-36(24-26-37)35-21-19-34(20-22-35)29-48(40-32(5)16-12-17-33(40)6)43-39(44-7)18-13-27-46-43/h9-10,12-27H,1-2,7-8,11,28-29H2,3-6H3/b14-10-,31-15-. The van der Waals surface area contributed by atoms with E-state index in [1.807, 2.05) is 25.1 Å². The molecule has 2 aromatic heterocycles. The predicted molar refractivity (Wildman–Crippen MR) is 210 cm³/mol. The molecule has 6 nitrogen and oxygen atoms in total. The van der Waals surface area contributed by atoms with Crippen molar-refractivity contribution in [2.45, 2.75) is 47.2 Å². The monoisotopic (exact) mass is 644 g/mol. The Bertz CT molecular complexity index is 2020. The van der Waals surface area contributed by atoms with Crippen LogP contribution in [-0.2, 0) is 13.1 Å². The number of pyridine rings is 1. The largest absolute Gasteiger partial charge is 0.320 e. The number of aliphatic imine (C=N–C) groups is 2. The van der Waals surface area contributed by atoms with Crippen LogP contribution in [0.3, 0.4) is 0 Å². The van der Waals surface area contributed by atoms with Crippen LogP contribution in [-0.4, -0.2) is 28.0 Å². The van der Waals surface area contributed by atoms with E-state index in [1.54, 1.807) is 12.3 Å². The van der Waals surface area contributed by atoms with Gasteiger partial charge < -0.3 is 9.47 Å². The number of hydrogen-bond donors (Lipinski definition) is 0. The first-order valence-corrected chi connectivity index (χ1v) is 16.4. The molecule has 6 heteroatoms. The average Bonchev–Trinajstić information content (AvgIpc) is 3.46. The highest BCUT2D eigenvalue weighted by molar-refractivity contribution is 5.76. The lowest BCUT2D eigenvalue weighted by molar-refractivity contribution is 0.791. The van der Waals surface area contributed by atoms with Crippen LogP contribution >= 0.6 is 0 Å². The summed E-state index contributed by atoms with van der Waals surface area (Å²) in [5.74, 6) is 2.33. The lowest BCUT2D eigenvalue weighted by Crippen LogP contribution is -2.20. The van der Waals surface area contributed by atoms with E-state index in [4.69, 9.17) is 9.97 Å². The van der Waals surface area contributed by atoms with Gasteiger partial charge in [0.25, 0.3) is 0 Å². The molecule has 0 fully saturated rings. The Morgan fingerprint density at radius 2 is 1.51 bits per heavy atom. The average molecular weight is 645 g/mol. The molecule has 0 unspecified atom stereocenters. The molecular formula is C43H44N6. The van der Waals surface area contributed by atoms with Crippen molar-refractivity contribution in [2.75, 3.05) is 4.90 Å². The van der Waals surface area contributed by atoms with Crippen molar-refractivity contribution in [3.8, 4) is 22.5 Å². The molecule has 0 N–H and O–H groups in total. The van der Waals surface area contributed by atoms with Crippen molar-refractivity contribution in [2.24, 2.45) is 9.98 Å². The topological polar surface area (TPSA) is 58.7 Å². The molecule has 0 atom stereocenters. The number of anilines is 2. The van der Waals surface area contributed by atoms with Crippen LogP contribution in [0.25, 0.3) is 28.6 Å². The Balaban J connectivity index is 1.41. The van der Waals surface area contributed by atoms with Gasteiger partial charge in [-0.2, -0.15) is 0 Å². The third-order valence-corrected chi connectivity index (χ3v) is 8.39. The predicted octanol–water partition coefficient (Wildman–Crippen LogP) is 11.3. The summed E-state index contributed by atoms with van der Waals surface area (Å²) in [5.41, 5.74) is 11.6. The molecule has 49 heavy (non-hydrogen) atoms. The van der Waals surface area contributed by atoms with Crippen LogP contribution in [0.2, 0.25) is 0 Å². The van der Waals surface area contributed by atoms with Gasteiger partial charge in [-0.1, -0.05) is 109 Å². The maximum absolute atomic E-state index is 4.90. The van der Waals surface area contributed by atoms with Crippen LogP contribution in [0.1, 0.15) is 42.7 Å². The number of aryl methyl sites for hydroxylation is 2. The number of para-hydroxylation sites is 1. The van der Waals surface area contributed by atoms with Crippen LogP contribution in [0, 0.1) is 13.8 Å². The first-order chi connectivity index (χ1) is 23.7. The van der Waals surface area contributed by atoms with Gasteiger partial charge in [0.05, 0.1) is 0 Å². The molecule has 0 bridgehead atoms. The SMILES string of the molecule is C=Cc1nc(-c2ccc(-c3ccc(CN(c4ncccc4N=C)c4c(C)cccc4C)cc3)cc2)n(C/C(C)=C\C/C=C\C(=C)C)c1N=C. The quantitative estimate of drug-likeness (QED) is 0.0686. The van der Waals surface area contributed by atoms with Crippen molar-refractivity contribution < 1.29 is 0 Å². The number of allylic oxidation sites excluding steroid dienone is 5. The second-order valence-electron chi connectivity index (χ2n) is 12.2. The van der Waals surface area contributed by atoms with E-state index in [2.05, 4.69) is 146 Å². The third kappa shape index (κ3) is 7.99. The molecule has 0 radical (unpaired) electrons. The van der Waals surface area contributed by atoms with E-state index in [-0.39, 0.29) is 0 Å². The highest BCUT2D eigenvalue weighted by Crippen LogP contribution is 2.37. The minimum Gasteiger partial charge on any atom is -0.320 e. The number of imidazole rings is 1. The van der Waals surface area contributed by atoms with Crippen LogP contribution in [0.15, 0.2) is 138 Å². The molecule has 0 saturated carbocycles. The summed E-state index contributed by atoms with van der Waals surface area (Å²) in [7, 11) is 0. The second kappa shape index (κ2) is 15.8. The molecule has 2 heterocycles. The van der Waals surface area contributed by atoms with E-state index in [9.17, 15) is 0 Å². The maximum Gasteiger partial charge on any atom is 0.159 e. The van der Waals surface area contributed by atoms with Crippen LogP contribution < -0.4 is 4.90 Å². The summed E-state index contributed by atoms with van der Waals surface area (Å²) >= 11 is 0. The fourth-order valence-electron chi connectivity index (χ4n) is 6.00. The fraction of sp³-hybridized carbons (Fsp3) is 0.163. The Kier molecular flexibility index (Phi) is 11.1. The van der Waals surface area contributed by atoms with Gasteiger partial charge in [-0.25, -0.2) is 15.0 Å². The molecule has 5 aromatic rings. The van der Waals surface area contributed by atoms with Gasteiger partial charge >= 0.3 is 0 Å². The van der Waals surface area contributed by atoms with E-state index in [0.29, 0.717) is 18.9 Å². The molecule has 0 spiro atoms. The number of benzene rings is 3. The third-order valence-electron chi connectivity index (χ3n) is 8.39. The van der Waals surface area contributed by atoms with E-state index in [1.165, 1.54) is 16.7 Å². The Morgan fingerprint density at radius 1 is 0.857 bits per heavy atom. The van der Waals surface area contributed by atoms with Gasteiger partial charge in [0.1, 0.15) is 17.2 Å².